The molecule has 4 aromatic rings. The maximum absolute atomic E-state index is 11.9. The van der Waals surface area contributed by atoms with Crippen molar-refractivity contribution >= 4 is 52.4 Å². The molecule has 0 spiro atoms. The molecule has 40 heavy (non-hydrogen) atoms. The number of benzene rings is 3. The van der Waals surface area contributed by atoms with Crippen molar-refractivity contribution in [1.82, 2.24) is 4.98 Å². The average molecular weight is 570 g/mol. The number of esters is 1. The predicted octanol–water partition coefficient (Wildman–Crippen LogP) is 9.52. The molecular formula is C35H36ClNO2S. The number of carbonyl (C=O) groups excluding carboxylic acids is 1. The summed E-state index contributed by atoms with van der Waals surface area (Å²) in [5.41, 5.74) is 5.72. The Labute approximate surface area is 247 Å². The Bertz CT molecular complexity index is 1530. The van der Waals surface area contributed by atoms with E-state index in [-0.39, 0.29) is 11.9 Å². The van der Waals surface area contributed by atoms with Gasteiger partial charge in [0, 0.05) is 23.3 Å². The Morgan fingerprint density at radius 2 is 1.85 bits per heavy atom. The molecule has 0 N–H and O–H groups in total. The summed E-state index contributed by atoms with van der Waals surface area (Å²) in [6.07, 6.45) is 7.95. The third-order valence-electron chi connectivity index (χ3n) is 7.42. The number of hydrogen-bond acceptors (Lipinski definition) is 4. The first-order valence-corrected chi connectivity index (χ1v) is 15.5. The van der Waals surface area contributed by atoms with Crippen LogP contribution in [0.2, 0.25) is 5.02 Å². The Kier molecular flexibility index (Phi) is 8.97. The van der Waals surface area contributed by atoms with Crippen molar-refractivity contribution < 1.29 is 9.53 Å². The van der Waals surface area contributed by atoms with Crippen LogP contribution in [0.15, 0.2) is 78.9 Å². The SMILES string of the molecule is CC(=O)OC(C)(C)c1ccccc1C(CCSCC1CC1)c1cccc(C=Cc2ccc3ccc(Cl)cc3n2)c1. The van der Waals surface area contributed by atoms with Gasteiger partial charge in [-0.25, -0.2) is 4.98 Å². The molecule has 206 valence electrons. The minimum absolute atomic E-state index is 0.187. The smallest absolute Gasteiger partial charge is 0.303 e. The number of pyridine rings is 1. The van der Waals surface area contributed by atoms with Crippen LogP contribution < -0.4 is 0 Å². The van der Waals surface area contributed by atoms with Gasteiger partial charge in [-0.05, 0) is 97.1 Å². The molecule has 5 heteroatoms. The molecule has 1 saturated carbocycles. The van der Waals surface area contributed by atoms with Crippen molar-refractivity contribution in [2.75, 3.05) is 11.5 Å². The first-order valence-electron chi connectivity index (χ1n) is 14.0. The third kappa shape index (κ3) is 7.35. The van der Waals surface area contributed by atoms with E-state index in [9.17, 15) is 4.79 Å². The highest BCUT2D eigenvalue weighted by Gasteiger charge is 2.30. The first-order chi connectivity index (χ1) is 19.3. The van der Waals surface area contributed by atoms with Crippen LogP contribution in [0.25, 0.3) is 23.1 Å². The summed E-state index contributed by atoms with van der Waals surface area (Å²) in [5.74, 6) is 3.17. The molecular weight excluding hydrogens is 534 g/mol. The molecule has 0 aliphatic heterocycles. The van der Waals surface area contributed by atoms with E-state index in [0.29, 0.717) is 5.02 Å². The average Bonchev–Trinajstić information content (AvgIpc) is 3.76. The Morgan fingerprint density at radius 1 is 1.05 bits per heavy atom. The molecule has 1 aromatic heterocycles. The lowest BCUT2D eigenvalue weighted by molar-refractivity contribution is -0.154. The van der Waals surface area contributed by atoms with Gasteiger partial charge in [0.15, 0.2) is 0 Å². The maximum Gasteiger partial charge on any atom is 0.303 e. The molecule has 1 unspecified atom stereocenters. The number of rotatable bonds is 11. The van der Waals surface area contributed by atoms with E-state index in [1.165, 1.54) is 36.6 Å². The molecule has 1 aliphatic carbocycles. The monoisotopic (exact) mass is 569 g/mol. The topological polar surface area (TPSA) is 39.2 Å². The number of ether oxygens (including phenoxy) is 1. The fourth-order valence-corrected chi connectivity index (χ4v) is 6.66. The van der Waals surface area contributed by atoms with E-state index in [4.69, 9.17) is 21.3 Å². The number of hydrogen-bond donors (Lipinski definition) is 0. The van der Waals surface area contributed by atoms with E-state index in [2.05, 4.69) is 72.4 Å². The summed E-state index contributed by atoms with van der Waals surface area (Å²) < 4.78 is 5.79. The van der Waals surface area contributed by atoms with Gasteiger partial charge in [-0.15, -0.1) is 0 Å². The zero-order valence-corrected chi connectivity index (χ0v) is 25.0. The number of halogens is 1. The van der Waals surface area contributed by atoms with Gasteiger partial charge < -0.3 is 4.74 Å². The second-order valence-corrected chi connectivity index (χ2v) is 12.7. The fourth-order valence-electron chi connectivity index (χ4n) is 5.26. The Morgan fingerprint density at radius 3 is 2.65 bits per heavy atom. The molecule has 0 saturated heterocycles. The highest BCUT2D eigenvalue weighted by atomic mass is 35.5. The minimum Gasteiger partial charge on any atom is -0.455 e. The molecule has 0 amide bonds. The van der Waals surface area contributed by atoms with Gasteiger partial charge in [-0.3, -0.25) is 4.79 Å². The summed E-state index contributed by atoms with van der Waals surface area (Å²) in [5, 5.41) is 1.76. The van der Waals surface area contributed by atoms with Gasteiger partial charge in [-0.1, -0.05) is 78.3 Å². The molecule has 0 radical (unpaired) electrons. The highest BCUT2D eigenvalue weighted by molar-refractivity contribution is 7.99. The van der Waals surface area contributed by atoms with Crippen molar-refractivity contribution in [2.24, 2.45) is 5.92 Å². The van der Waals surface area contributed by atoms with Crippen molar-refractivity contribution in [2.45, 2.75) is 51.6 Å². The van der Waals surface area contributed by atoms with Crippen LogP contribution in [0, 0.1) is 5.92 Å². The standard InChI is InChI=1S/C35H36ClNO2S/c1-24(38)39-35(2,3)33-10-5-4-9-32(33)31(19-20-40-23-26-11-12-26)28-8-6-7-25(21-28)13-17-30-18-15-27-14-16-29(36)22-34(27)37-30/h4-10,13-18,21-22,26,31H,11-12,19-20,23H2,1-3H3. The number of carbonyl (C=O) groups is 1. The molecule has 3 nitrogen and oxygen atoms in total. The zero-order valence-electron chi connectivity index (χ0n) is 23.4. The third-order valence-corrected chi connectivity index (χ3v) is 8.89. The van der Waals surface area contributed by atoms with Gasteiger partial charge in [0.05, 0.1) is 11.2 Å². The summed E-state index contributed by atoms with van der Waals surface area (Å²) in [6, 6.07) is 27.1. The lowest BCUT2D eigenvalue weighted by atomic mass is 9.81. The van der Waals surface area contributed by atoms with Crippen molar-refractivity contribution in [3.05, 3.63) is 112 Å². The van der Waals surface area contributed by atoms with Crippen LogP contribution in [-0.4, -0.2) is 22.5 Å². The normalized spacial score (nSPS) is 14.5. The summed E-state index contributed by atoms with van der Waals surface area (Å²) in [6.45, 7) is 5.44. The Balaban J connectivity index is 1.45. The first kappa shape index (κ1) is 28.4. The predicted molar refractivity (Wildman–Crippen MR) is 170 cm³/mol. The van der Waals surface area contributed by atoms with E-state index in [1.807, 2.05) is 44.2 Å². The molecule has 1 aliphatic rings. The number of fused-ring (bicyclic) bond motifs is 1. The van der Waals surface area contributed by atoms with Crippen LogP contribution in [0.1, 0.15) is 73.9 Å². The second kappa shape index (κ2) is 12.6. The lowest BCUT2D eigenvalue weighted by Crippen LogP contribution is -2.26. The molecule has 1 heterocycles. The van der Waals surface area contributed by atoms with Gasteiger partial charge in [0.25, 0.3) is 0 Å². The van der Waals surface area contributed by atoms with Crippen molar-refractivity contribution in [1.29, 1.82) is 0 Å². The summed E-state index contributed by atoms with van der Waals surface area (Å²) in [4.78, 5) is 16.7. The lowest BCUT2D eigenvalue weighted by Gasteiger charge is -2.30. The van der Waals surface area contributed by atoms with Crippen LogP contribution >= 0.6 is 23.4 Å². The molecule has 5 rings (SSSR count). The number of nitrogens with zero attached hydrogens (tertiary/aromatic N) is 1. The maximum atomic E-state index is 11.9. The molecule has 1 fully saturated rings. The number of aromatic nitrogens is 1. The van der Waals surface area contributed by atoms with Gasteiger partial charge in [0.1, 0.15) is 5.60 Å². The van der Waals surface area contributed by atoms with Gasteiger partial charge in [-0.2, -0.15) is 11.8 Å². The second-order valence-electron chi connectivity index (χ2n) is 11.1. The van der Waals surface area contributed by atoms with E-state index < -0.39 is 5.60 Å². The van der Waals surface area contributed by atoms with Crippen LogP contribution in [0.5, 0.6) is 0 Å². The molecule has 0 bridgehead atoms. The minimum atomic E-state index is -0.718. The van der Waals surface area contributed by atoms with Crippen LogP contribution in [0.4, 0.5) is 0 Å². The highest BCUT2D eigenvalue weighted by Crippen LogP contribution is 2.39. The van der Waals surface area contributed by atoms with Crippen LogP contribution in [-0.2, 0) is 15.1 Å². The molecule has 3 aromatic carbocycles. The van der Waals surface area contributed by atoms with E-state index in [0.717, 1.165) is 45.8 Å². The van der Waals surface area contributed by atoms with E-state index >= 15 is 0 Å². The quantitative estimate of drug-likeness (QED) is 0.133. The van der Waals surface area contributed by atoms with Crippen molar-refractivity contribution in [3.63, 3.8) is 0 Å². The van der Waals surface area contributed by atoms with Gasteiger partial charge in [0.2, 0.25) is 0 Å². The molecule has 1 atom stereocenters. The van der Waals surface area contributed by atoms with E-state index in [1.54, 1.807) is 0 Å². The van der Waals surface area contributed by atoms with Crippen molar-refractivity contribution in [3.8, 4) is 0 Å². The van der Waals surface area contributed by atoms with Crippen LogP contribution in [0.3, 0.4) is 0 Å². The summed E-state index contributed by atoms with van der Waals surface area (Å²) >= 11 is 8.25. The fraction of sp³-hybridized carbons (Fsp3) is 0.314. The summed E-state index contributed by atoms with van der Waals surface area (Å²) in [7, 11) is 0. The number of thioether (sulfide) groups is 1. The Hall–Kier alpha value is -3.08. The van der Waals surface area contributed by atoms with Gasteiger partial charge >= 0.3 is 5.97 Å². The largest absolute Gasteiger partial charge is 0.455 e. The zero-order chi connectivity index (χ0) is 28.1.